The standard InChI is InChI=1S/C17H16N4O5/c1-3-5-12-6-4-7-13(17(12)26-2)11-18-19-15-9-8-14(20(22)23)10-16(15)21(24)25/h3-4,6-11,19H,1,5H2,2H3/b18-11-. The lowest BCUT2D eigenvalue weighted by atomic mass is 10.1. The highest BCUT2D eigenvalue weighted by atomic mass is 16.6. The highest BCUT2D eigenvalue weighted by molar-refractivity contribution is 5.85. The summed E-state index contributed by atoms with van der Waals surface area (Å²) >= 11 is 0. The fourth-order valence-electron chi connectivity index (χ4n) is 2.32. The van der Waals surface area contributed by atoms with Crippen LogP contribution in [0.1, 0.15) is 11.1 Å². The Morgan fingerprint density at radius 3 is 2.62 bits per heavy atom. The molecule has 0 fully saturated rings. The van der Waals surface area contributed by atoms with E-state index in [0.717, 1.165) is 17.7 Å². The van der Waals surface area contributed by atoms with E-state index in [9.17, 15) is 20.2 Å². The van der Waals surface area contributed by atoms with E-state index >= 15 is 0 Å². The second kappa shape index (κ2) is 8.38. The van der Waals surface area contributed by atoms with Gasteiger partial charge >= 0.3 is 5.69 Å². The third-order valence-corrected chi connectivity index (χ3v) is 3.47. The Morgan fingerprint density at radius 1 is 1.23 bits per heavy atom. The molecule has 0 aliphatic rings. The summed E-state index contributed by atoms with van der Waals surface area (Å²) in [6.45, 7) is 3.70. The fraction of sp³-hybridized carbons (Fsp3) is 0.118. The average molecular weight is 356 g/mol. The summed E-state index contributed by atoms with van der Waals surface area (Å²) in [6, 6.07) is 8.78. The van der Waals surface area contributed by atoms with Gasteiger partial charge in [0.15, 0.2) is 0 Å². The van der Waals surface area contributed by atoms with Gasteiger partial charge in [0.1, 0.15) is 11.4 Å². The first kappa shape index (κ1) is 18.6. The Labute approximate surface area is 148 Å². The Kier molecular flexibility index (Phi) is 5.99. The molecule has 0 aliphatic heterocycles. The third-order valence-electron chi connectivity index (χ3n) is 3.47. The molecule has 26 heavy (non-hydrogen) atoms. The van der Waals surface area contributed by atoms with Crippen LogP contribution in [0.15, 0.2) is 54.2 Å². The first-order valence-corrected chi connectivity index (χ1v) is 7.46. The molecule has 1 N–H and O–H groups in total. The van der Waals surface area contributed by atoms with Gasteiger partial charge in [0.2, 0.25) is 0 Å². The molecule has 0 spiro atoms. The van der Waals surface area contributed by atoms with Gasteiger partial charge in [-0.3, -0.25) is 25.7 Å². The molecule has 0 unspecified atom stereocenters. The Balaban J connectivity index is 2.29. The minimum Gasteiger partial charge on any atom is -0.496 e. The minimum absolute atomic E-state index is 0.0399. The van der Waals surface area contributed by atoms with Crippen LogP contribution < -0.4 is 10.2 Å². The number of anilines is 1. The van der Waals surface area contributed by atoms with E-state index in [0.29, 0.717) is 17.7 Å². The lowest BCUT2D eigenvalue weighted by Crippen LogP contribution is -2.00. The van der Waals surface area contributed by atoms with E-state index in [2.05, 4.69) is 17.1 Å². The zero-order chi connectivity index (χ0) is 19.1. The van der Waals surface area contributed by atoms with Gasteiger partial charge in [0, 0.05) is 11.6 Å². The largest absolute Gasteiger partial charge is 0.496 e. The molecule has 9 nitrogen and oxygen atoms in total. The van der Waals surface area contributed by atoms with E-state index in [-0.39, 0.29) is 11.4 Å². The molecular formula is C17H16N4O5. The molecule has 0 bridgehead atoms. The molecule has 0 atom stereocenters. The van der Waals surface area contributed by atoms with E-state index in [1.165, 1.54) is 19.4 Å². The number of nitro benzene ring substituents is 2. The van der Waals surface area contributed by atoms with Gasteiger partial charge in [-0.15, -0.1) is 6.58 Å². The quantitative estimate of drug-likeness (QED) is 0.333. The average Bonchev–Trinajstić information content (AvgIpc) is 2.62. The predicted octanol–water partition coefficient (Wildman–Crippen LogP) is 3.69. The Bertz CT molecular complexity index is 879. The zero-order valence-corrected chi connectivity index (χ0v) is 13.9. The molecule has 0 heterocycles. The highest BCUT2D eigenvalue weighted by Crippen LogP contribution is 2.29. The topological polar surface area (TPSA) is 120 Å². The number of allylic oxidation sites excluding steroid dienone is 1. The zero-order valence-electron chi connectivity index (χ0n) is 13.9. The summed E-state index contributed by atoms with van der Waals surface area (Å²) in [4.78, 5) is 20.5. The molecule has 2 rings (SSSR count). The molecule has 2 aromatic carbocycles. The van der Waals surface area contributed by atoms with Crippen molar-refractivity contribution in [3.8, 4) is 5.75 Å². The maximum absolute atomic E-state index is 11.1. The number of para-hydroxylation sites is 1. The number of methoxy groups -OCH3 is 1. The molecule has 0 aromatic heterocycles. The monoisotopic (exact) mass is 356 g/mol. The fourth-order valence-corrected chi connectivity index (χ4v) is 2.32. The summed E-state index contributed by atoms with van der Waals surface area (Å²) in [6.07, 6.45) is 3.82. The lowest BCUT2D eigenvalue weighted by molar-refractivity contribution is -0.393. The number of hydrogen-bond donors (Lipinski definition) is 1. The molecule has 2 aromatic rings. The van der Waals surface area contributed by atoms with Gasteiger partial charge in [0.05, 0.1) is 29.2 Å². The molecule has 0 saturated heterocycles. The van der Waals surface area contributed by atoms with Crippen molar-refractivity contribution in [1.29, 1.82) is 0 Å². The van der Waals surface area contributed by atoms with Gasteiger partial charge in [-0.2, -0.15) is 5.10 Å². The number of ether oxygens (including phenoxy) is 1. The molecule has 0 aliphatic carbocycles. The normalized spacial score (nSPS) is 10.5. The molecule has 0 saturated carbocycles. The number of hydrogen-bond acceptors (Lipinski definition) is 7. The summed E-state index contributed by atoms with van der Waals surface area (Å²) in [5, 5.41) is 25.8. The van der Waals surface area contributed by atoms with E-state index in [1.54, 1.807) is 12.1 Å². The van der Waals surface area contributed by atoms with E-state index < -0.39 is 15.5 Å². The number of rotatable bonds is 8. The number of benzene rings is 2. The predicted molar refractivity (Wildman–Crippen MR) is 97.9 cm³/mol. The van der Waals surface area contributed by atoms with Crippen LogP contribution in [0.25, 0.3) is 0 Å². The summed E-state index contributed by atoms with van der Waals surface area (Å²) in [5.41, 5.74) is 3.36. The van der Waals surface area contributed by atoms with Gasteiger partial charge in [-0.25, -0.2) is 0 Å². The van der Waals surface area contributed by atoms with Crippen molar-refractivity contribution in [3.63, 3.8) is 0 Å². The van der Waals surface area contributed by atoms with Crippen molar-refractivity contribution in [2.24, 2.45) is 5.10 Å². The van der Waals surface area contributed by atoms with Crippen LogP contribution in [0.2, 0.25) is 0 Å². The number of nitrogens with zero attached hydrogens (tertiary/aromatic N) is 3. The first-order chi connectivity index (χ1) is 12.5. The second-order valence-electron chi connectivity index (χ2n) is 5.12. The molecule has 134 valence electrons. The Morgan fingerprint density at radius 2 is 2.00 bits per heavy atom. The minimum atomic E-state index is -0.712. The summed E-state index contributed by atoms with van der Waals surface area (Å²) in [5.74, 6) is 0.621. The number of non-ortho nitro benzene ring substituents is 1. The van der Waals surface area contributed by atoms with E-state index in [4.69, 9.17) is 4.74 Å². The van der Waals surface area contributed by atoms with Crippen molar-refractivity contribution in [2.45, 2.75) is 6.42 Å². The van der Waals surface area contributed by atoms with Crippen molar-refractivity contribution in [2.75, 3.05) is 12.5 Å². The van der Waals surface area contributed by atoms with Crippen LogP contribution in [0.5, 0.6) is 5.75 Å². The number of nitrogens with one attached hydrogen (secondary N) is 1. The molecule has 0 amide bonds. The van der Waals surface area contributed by atoms with Crippen LogP contribution in [0, 0.1) is 20.2 Å². The third kappa shape index (κ3) is 4.20. The van der Waals surface area contributed by atoms with Crippen molar-refractivity contribution >= 4 is 23.3 Å². The van der Waals surface area contributed by atoms with Crippen LogP contribution in [0.3, 0.4) is 0 Å². The van der Waals surface area contributed by atoms with Gasteiger partial charge < -0.3 is 4.74 Å². The molecule has 0 radical (unpaired) electrons. The second-order valence-corrected chi connectivity index (χ2v) is 5.12. The maximum atomic E-state index is 11.1. The number of nitro groups is 2. The Hall–Kier alpha value is -3.75. The summed E-state index contributed by atoms with van der Waals surface area (Å²) in [7, 11) is 1.54. The van der Waals surface area contributed by atoms with Gasteiger partial charge in [0.25, 0.3) is 5.69 Å². The van der Waals surface area contributed by atoms with Crippen LogP contribution in [-0.4, -0.2) is 23.2 Å². The first-order valence-electron chi connectivity index (χ1n) is 7.46. The van der Waals surface area contributed by atoms with E-state index in [1.807, 2.05) is 12.1 Å². The smallest absolute Gasteiger partial charge is 0.301 e. The van der Waals surface area contributed by atoms with Crippen molar-refractivity contribution < 1.29 is 14.6 Å². The van der Waals surface area contributed by atoms with Crippen molar-refractivity contribution in [3.05, 3.63) is 80.4 Å². The molecule has 9 heteroatoms. The SMILES string of the molecule is C=CCc1cccc(/C=N\Nc2ccc([N+](=O)[O-])cc2[N+](=O)[O-])c1OC. The van der Waals surface area contributed by atoms with Gasteiger partial charge in [-0.1, -0.05) is 18.2 Å². The lowest BCUT2D eigenvalue weighted by Gasteiger charge is -2.09. The highest BCUT2D eigenvalue weighted by Gasteiger charge is 2.19. The van der Waals surface area contributed by atoms with Crippen molar-refractivity contribution in [1.82, 2.24) is 0 Å². The number of hydrazone groups is 1. The van der Waals surface area contributed by atoms with Gasteiger partial charge in [-0.05, 0) is 24.1 Å². The van der Waals surface area contributed by atoms with Crippen LogP contribution >= 0.6 is 0 Å². The maximum Gasteiger partial charge on any atom is 0.301 e. The van der Waals surface area contributed by atoms with Crippen LogP contribution in [-0.2, 0) is 6.42 Å². The molecular weight excluding hydrogens is 340 g/mol. The van der Waals surface area contributed by atoms with Crippen LogP contribution in [0.4, 0.5) is 17.1 Å². The summed E-state index contributed by atoms with van der Waals surface area (Å²) < 4.78 is 5.39.